The molecule has 0 saturated heterocycles. The monoisotopic (exact) mass is 389 g/mol. The van der Waals surface area contributed by atoms with Crippen LogP contribution in [0.15, 0.2) is 60.8 Å². The number of anilines is 5. The maximum Gasteiger partial charge on any atom is 0.229 e. The van der Waals surface area contributed by atoms with Gasteiger partial charge in [-0.2, -0.15) is 4.98 Å². The summed E-state index contributed by atoms with van der Waals surface area (Å²) in [5.41, 5.74) is 2.23. The van der Waals surface area contributed by atoms with Crippen molar-refractivity contribution in [2.45, 2.75) is 6.92 Å². The Labute approximate surface area is 162 Å². The predicted molar refractivity (Wildman–Crippen MR) is 108 cm³/mol. The van der Waals surface area contributed by atoms with Crippen LogP contribution in [-0.2, 0) is 4.79 Å². The molecule has 0 spiro atoms. The molecule has 0 aliphatic rings. The highest BCUT2D eigenvalue weighted by Gasteiger charge is 2.04. The predicted octanol–water partition coefficient (Wildman–Crippen LogP) is 5.00. The fraction of sp³-hybridized carbons (Fsp3) is 0.0556. The van der Waals surface area contributed by atoms with Crippen molar-refractivity contribution in [1.82, 2.24) is 9.97 Å². The van der Waals surface area contributed by atoms with E-state index in [9.17, 15) is 4.79 Å². The largest absolute Gasteiger partial charge is 0.339 e. The molecule has 0 aliphatic heterocycles. The van der Waals surface area contributed by atoms with E-state index < -0.39 is 0 Å². The smallest absolute Gasteiger partial charge is 0.229 e. The summed E-state index contributed by atoms with van der Waals surface area (Å²) in [6, 6.07) is 16.5. The second kappa shape index (κ2) is 9.03. The lowest BCUT2D eigenvalue weighted by molar-refractivity contribution is -0.114. The van der Waals surface area contributed by atoms with Crippen LogP contribution in [0.2, 0.25) is 5.02 Å². The number of amides is 1. The lowest BCUT2D eigenvalue weighted by Gasteiger charge is -2.10. The number of halogens is 2. The first-order valence-corrected chi connectivity index (χ1v) is 7.97. The molecule has 2 aromatic carbocycles. The molecule has 1 heterocycles. The van der Waals surface area contributed by atoms with Crippen molar-refractivity contribution >= 4 is 58.7 Å². The van der Waals surface area contributed by atoms with Crippen LogP contribution in [0.3, 0.4) is 0 Å². The number of nitrogens with zero attached hydrogens (tertiary/aromatic N) is 2. The summed E-state index contributed by atoms with van der Waals surface area (Å²) >= 11 is 6.15. The van der Waals surface area contributed by atoms with E-state index in [1.165, 1.54) is 6.92 Å². The summed E-state index contributed by atoms with van der Waals surface area (Å²) in [6.45, 7) is 1.47. The molecule has 134 valence electrons. The first-order valence-electron chi connectivity index (χ1n) is 7.59. The number of hydrogen-bond acceptors (Lipinski definition) is 5. The van der Waals surface area contributed by atoms with Crippen molar-refractivity contribution in [3.8, 4) is 0 Å². The third-order valence-corrected chi connectivity index (χ3v) is 3.56. The van der Waals surface area contributed by atoms with Gasteiger partial charge in [0.2, 0.25) is 11.9 Å². The fourth-order valence-electron chi connectivity index (χ4n) is 2.20. The van der Waals surface area contributed by atoms with E-state index >= 15 is 0 Å². The van der Waals surface area contributed by atoms with Gasteiger partial charge in [-0.3, -0.25) is 4.79 Å². The number of nitrogens with one attached hydrogen (secondary N) is 3. The van der Waals surface area contributed by atoms with E-state index in [0.717, 1.165) is 11.4 Å². The molecule has 3 rings (SSSR count). The SMILES string of the molecule is CC(=O)Nc1cccc(Nc2nccc(Nc3ccccc3Cl)n2)c1.Cl. The van der Waals surface area contributed by atoms with Crippen molar-refractivity contribution < 1.29 is 4.79 Å². The number of rotatable bonds is 5. The van der Waals surface area contributed by atoms with Crippen LogP contribution in [-0.4, -0.2) is 15.9 Å². The number of benzene rings is 2. The minimum absolute atomic E-state index is 0. The molecule has 0 saturated carbocycles. The van der Waals surface area contributed by atoms with Crippen LogP contribution in [0.4, 0.5) is 28.8 Å². The Balaban J connectivity index is 0.00000243. The van der Waals surface area contributed by atoms with Crippen molar-refractivity contribution in [3.63, 3.8) is 0 Å². The third kappa shape index (κ3) is 5.34. The quantitative estimate of drug-likeness (QED) is 0.572. The number of hydrogen-bond donors (Lipinski definition) is 3. The van der Waals surface area contributed by atoms with Gasteiger partial charge in [-0.05, 0) is 36.4 Å². The second-order valence-corrected chi connectivity index (χ2v) is 5.66. The standard InChI is InChI=1S/C18H16ClN5O.ClH/c1-12(25)21-13-5-4-6-14(11-13)22-18-20-10-9-17(24-18)23-16-8-3-2-7-15(16)19;/h2-11H,1H3,(H,21,25)(H2,20,22,23,24);1H. The van der Waals surface area contributed by atoms with Crippen LogP contribution >= 0.6 is 24.0 Å². The number of para-hydroxylation sites is 1. The molecule has 1 aromatic heterocycles. The van der Waals surface area contributed by atoms with Gasteiger partial charge in [-0.15, -0.1) is 12.4 Å². The van der Waals surface area contributed by atoms with Crippen molar-refractivity contribution in [2.75, 3.05) is 16.0 Å². The van der Waals surface area contributed by atoms with Gasteiger partial charge in [0, 0.05) is 24.5 Å². The maximum atomic E-state index is 11.2. The van der Waals surface area contributed by atoms with E-state index in [0.29, 0.717) is 22.5 Å². The fourth-order valence-corrected chi connectivity index (χ4v) is 2.38. The Bertz CT molecular complexity index is 904. The van der Waals surface area contributed by atoms with Gasteiger partial charge in [0.1, 0.15) is 5.82 Å². The Kier molecular flexibility index (Phi) is 6.77. The second-order valence-electron chi connectivity index (χ2n) is 5.26. The van der Waals surface area contributed by atoms with Crippen LogP contribution in [0, 0.1) is 0 Å². The lowest BCUT2D eigenvalue weighted by atomic mass is 10.2. The summed E-state index contributed by atoms with van der Waals surface area (Å²) in [5.74, 6) is 0.917. The Morgan fingerprint density at radius 1 is 1.00 bits per heavy atom. The molecule has 0 unspecified atom stereocenters. The highest BCUT2D eigenvalue weighted by molar-refractivity contribution is 6.33. The lowest BCUT2D eigenvalue weighted by Crippen LogP contribution is -2.06. The average Bonchev–Trinajstić information content (AvgIpc) is 2.57. The summed E-state index contributed by atoms with van der Waals surface area (Å²) < 4.78 is 0. The Morgan fingerprint density at radius 2 is 1.77 bits per heavy atom. The topological polar surface area (TPSA) is 78.9 Å². The zero-order chi connectivity index (χ0) is 17.6. The maximum absolute atomic E-state index is 11.2. The van der Waals surface area contributed by atoms with Crippen molar-refractivity contribution in [3.05, 3.63) is 65.8 Å². The summed E-state index contributed by atoms with van der Waals surface area (Å²) in [6.07, 6.45) is 1.65. The van der Waals surface area contributed by atoms with E-state index in [1.54, 1.807) is 24.4 Å². The van der Waals surface area contributed by atoms with Crippen LogP contribution in [0.5, 0.6) is 0 Å². The van der Waals surface area contributed by atoms with Gasteiger partial charge in [-0.25, -0.2) is 4.98 Å². The minimum atomic E-state index is -0.126. The van der Waals surface area contributed by atoms with E-state index in [1.807, 2.05) is 36.4 Å². The Morgan fingerprint density at radius 3 is 2.54 bits per heavy atom. The molecule has 0 bridgehead atoms. The molecular weight excluding hydrogens is 373 g/mol. The molecule has 1 amide bonds. The molecule has 3 N–H and O–H groups in total. The van der Waals surface area contributed by atoms with Crippen LogP contribution in [0.25, 0.3) is 0 Å². The zero-order valence-electron chi connectivity index (χ0n) is 13.9. The molecular formula is C18H17Cl2N5O. The summed E-state index contributed by atoms with van der Waals surface area (Å²) in [4.78, 5) is 19.8. The van der Waals surface area contributed by atoms with E-state index in [4.69, 9.17) is 11.6 Å². The molecule has 0 fully saturated rings. The molecule has 6 nitrogen and oxygen atoms in total. The first-order chi connectivity index (χ1) is 12.1. The molecule has 0 atom stereocenters. The third-order valence-electron chi connectivity index (χ3n) is 3.23. The molecule has 3 aromatic rings. The van der Waals surface area contributed by atoms with Gasteiger partial charge in [-0.1, -0.05) is 29.8 Å². The highest BCUT2D eigenvalue weighted by atomic mass is 35.5. The number of aromatic nitrogens is 2. The molecule has 8 heteroatoms. The Hall–Kier alpha value is -2.83. The first kappa shape index (κ1) is 19.5. The van der Waals surface area contributed by atoms with Gasteiger partial charge in [0.05, 0.1) is 10.7 Å². The zero-order valence-corrected chi connectivity index (χ0v) is 15.4. The van der Waals surface area contributed by atoms with Gasteiger partial charge in [0.25, 0.3) is 0 Å². The normalized spacial score (nSPS) is 9.77. The van der Waals surface area contributed by atoms with E-state index in [2.05, 4.69) is 25.9 Å². The van der Waals surface area contributed by atoms with Gasteiger partial charge < -0.3 is 16.0 Å². The highest BCUT2D eigenvalue weighted by Crippen LogP contribution is 2.24. The number of carbonyl (C=O) groups is 1. The molecule has 26 heavy (non-hydrogen) atoms. The minimum Gasteiger partial charge on any atom is -0.339 e. The van der Waals surface area contributed by atoms with Crippen molar-refractivity contribution in [2.24, 2.45) is 0 Å². The molecule has 0 aliphatic carbocycles. The van der Waals surface area contributed by atoms with Crippen molar-refractivity contribution in [1.29, 1.82) is 0 Å². The van der Waals surface area contributed by atoms with E-state index in [-0.39, 0.29) is 18.3 Å². The van der Waals surface area contributed by atoms with Gasteiger partial charge in [0.15, 0.2) is 0 Å². The van der Waals surface area contributed by atoms with Gasteiger partial charge >= 0.3 is 0 Å². The number of carbonyl (C=O) groups excluding carboxylic acids is 1. The summed E-state index contributed by atoms with van der Waals surface area (Å²) in [5, 5.41) is 9.61. The summed E-state index contributed by atoms with van der Waals surface area (Å²) in [7, 11) is 0. The van der Waals surface area contributed by atoms with Crippen LogP contribution < -0.4 is 16.0 Å². The average molecular weight is 390 g/mol. The molecule has 0 radical (unpaired) electrons. The van der Waals surface area contributed by atoms with Crippen LogP contribution in [0.1, 0.15) is 6.92 Å².